The van der Waals surface area contributed by atoms with Crippen molar-refractivity contribution in [1.82, 2.24) is 10.1 Å². The highest BCUT2D eigenvalue weighted by Gasteiger charge is 2.11. The smallest absolute Gasteiger partial charge is 0.229 e. The molecule has 0 saturated heterocycles. The summed E-state index contributed by atoms with van der Waals surface area (Å²) in [4.78, 5) is 4.23. The predicted octanol–water partition coefficient (Wildman–Crippen LogP) is 3.45. The number of benzene rings is 1. The van der Waals surface area contributed by atoms with Gasteiger partial charge < -0.3 is 15.0 Å². The van der Waals surface area contributed by atoms with E-state index in [-0.39, 0.29) is 18.6 Å². The molecule has 1 aromatic heterocycles. The van der Waals surface area contributed by atoms with Crippen LogP contribution >= 0.6 is 11.6 Å². The van der Waals surface area contributed by atoms with E-state index in [0.717, 1.165) is 5.56 Å². The summed E-state index contributed by atoms with van der Waals surface area (Å²) in [6.45, 7) is 6.09. The molecule has 0 aliphatic carbocycles. The zero-order valence-corrected chi connectivity index (χ0v) is 12.5. The highest BCUT2D eigenvalue weighted by atomic mass is 35.5. The number of nitrogens with zero attached hydrogens (tertiary/aromatic N) is 2. The fraction of sp³-hybridized carbons (Fsp3) is 0.429. The first-order valence-electron chi connectivity index (χ1n) is 6.47. The Balaban J connectivity index is 2.03. The van der Waals surface area contributed by atoms with Crippen LogP contribution in [0.4, 0.5) is 0 Å². The van der Waals surface area contributed by atoms with Crippen molar-refractivity contribution in [3.8, 4) is 5.75 Å². The van der Waals surface area contributed by atoms with Gasteiger partial charge in [0.15, 0.2) is 6.61 Å². The molecule has 0 aliphatic rings. The van der Waals surface area contributed by atoms with Crippen molar-refractivity contribution < 1.29 is 9.26 Å². The minimum atomic E-state index is -0.0626. The van der Waals surface area contributed by atoms with Crippen LogP contribution in [-0.2, 0) is 6.61 Å². The molecule has 0 fully saturated rings. The van der Waals surface area contributed by atoms with Crippen LogP contribution in [0.2, 0.25) is 5.02 Å². The summed E-state index contributed by atoms with van der Waals surface area (Å²) in [6.07, 6.45) is 0. The lowest BCUT2D eigenvalue weighted by molar-refractivity contribution is 0.284. The van der Waals surface area contributed by atoms with E-state index in [4.69, 9.17) is 26.6 Å². The minimum Gasteiger partial charge on any atom is -0.484 e. The van der Waals surface area contributed by atoms with Gasteiger partial charge in [-0.25, -0.2) is 0 Å². The zero-order valence-electron chi connectivity index (χ0n) is 11.8. The Morgan fingerprint density at radius 1 is 1.35 bits per heavy atom. The number of hydrogen-bond donors (Lipinski definition) is 1. The summed E-state index contributed by atoms with van der Waals surface area (Å²) in [7, 11) is 0. The van der Waals surface area contributed by atoms with E-state index >= 15 is 0 Å². The van der Waals surface area contributed by atoms with Crippen LogP contribution in [0.5, 0.6) is 5.75 Å². The maximum atomic E-state index is 6.15. The molecule has 1 aromatic carbocycles. The van der Waals surface area contributed by atoms with Gasteiger partial charge in [0, 0.05) is 12.0 Å². The van der Waals surface area contributed by atoms with Crippen molar-refractivity contribution in [2.75, 3.05) is 0 Å². The number of nitrogens with two attached hydrogens (primary N) is 1. The molecule has 2 rings (SSSR count). The normalized spacial score (nSPS) is 12.7. The molecule has 2 N–H and O–H groups in total. The number of hydrogen-bond acceptors (Lipinski definition) is 5. The maximum absolute atomic E-state index is 6.15. The molecule has 20 heavy (non-hydrogen) atoms. The van der Waals surface area contributed by atoms with E-state index in [0.29, 0.717) is 22.5 Å². The first kappa shape index (κ1) is 14.8. The van der Waals surface area contributed by atoms with Gasteiger partial charge in [0.05, 0.1) is 5.02 Å². The Bertz CT molecular complexity index is 582. The molecular weight excluding hydrogens is 278 g/mol. The van der Waals surface area contributed by atoms with Gasteiger partial charge in [-0.05, 0) is 24.6 Å². The molecule has 1 atom stereocenters. The molecule has 1 heterocycles. The van der Waals surface area contributed by atoms with E-state index in [9.17, 15) is 0 Å². The van der Waals surface area contributed by atoms with Crippen molar-refractivity contribution in [3.05, 3.63) is 40.5 Å². The predicted molar refractivity (Wildman–Crippen MR) is 76.8 cm³/mol. The molecule has 108 valence electrons. The Morgan fingerprint density at radius 3 is 2.65 bits per heavy atom. The summed E-state index contributed by atoms with van der Waals surface area (Å²) in [6, 6.07) is 5.43. The summed E-state index contributed by atoms with van der Waals surface area (Å²) < 4.78 is 10.7. The maximum Gasteiger partial charge on any atom is 0.229 e. The third-order valence-electron chi connectivity index (χ3n) is 2.82. The van der Waals surface area contributed by atoms with E-state index in [1.54, 1.807) is 12.1 Å². The van der Waals surface area contributed by atoms with Gasteiger partial charge in [0.25, 0.3) is 0 Å². The number of halogens is 1. The first-order valence-corrected chi connectivity index (χ1v) is 6.85. The molecule has 0 amide bonds. The molecule has 6 heteroatoms. The minimum absolute atomic E-state index is 0.0626. The fourth-order valence-corrected chi connectivity index (χ4v) is 1.86. The molecule has 2 aromatic rings. The third-order valence-corrected chi connectivity index (χ3v) is 3.11. The van der Waals surface area contributed by atoms with Gasteiger partial charge in [-0.2, -0.15) is 4.98 Å². The van der Waals surface area contributed by atoms with Crippen molar-refractivity contribution >= 4 is 11.6 Å². The van der Waals surface area contributed by atoms with E-state index < -0.39 is 0 Å². The molecule has 5 nitrogen and oxygen atoms in total. The zero-order chi connectivity index (χ0) is 14.7. The van der Waals surface area contributed by atoms with Crippen LogP contribution in [0.15, 0.2) is 22.7 Å². The van der Waals surface area contributed by atoms with E-state index in [1.807, 2.05) is 26.8 Å². The second-order valence-corrected chi connectivity index (χ2v) is 5.38. The lowest BCUT2D eigenvalue weighted by atomic mass is 10.1. The fourth-order valence-electron chi connectivity index (χ4n) is 1.62. The molecule has 0 spiro atoms. The number of aromatic nitrogens is 2. The molecular formula is C14H18ClN3O2. The molecule has 0 radical (unpaired) electrons. The summed E-state index contributed by atoms with van der Waals surface area (Å²) >= 11 is 6.15. The van der Waals surface area contributed by atoms with Crippen LogP contribution in [0.1, 0.15) is 50.0 Å². The van der Waals surface area contributed by atoms with Gasteiger partial charge in [-0.3, -0.25) is 0 Å². The van der Waals surface area contributed by atoms with Crippen molar-refractivity contribution in [1.29, 1.82) is 0 Å². The second kappa shape index (κ2) is 6.24. The Labute approximate surface area is 123 Å². The molecule has 0 bridgehead atoms. The Kier molecular flexibility index (Phi) is 4.62. The highest BCUT2D eigenvalue weighted by Crippen LogP contribution is 2.28. The lowest BCUT2D eigenvalue weighted by Gasteiger charge is -2.10. The van der Waals surface area contributed by atoms with Crippen LogP contribution in [0.25, 0.3) is 0 Å². The Hall–Kier alpha value is -1.59. The standard InChI is InChI=1S/C14H18ClN3O2/c1-8(2)14-17-13(18-20-14)7-19-12-5-4-10(9(3)16)6-11(12)15/h4-6,8-9H,7,16H2,1-3H3/t9-/m0/s1. The molecule has 0 unspecified atom stereocenters. The quantitative estimate of drug-likeness (QED) is 0.914. The van der Waals surface area contributed by atoms with Crippen molar-refractivity contribution in [2.24, 2.45) is 5.73 Å². The largest absolute Gasteiger partial charge is 0.484 e. The SMILES string of the molecule is CC(C)c1nc(COc2ccc([C@H](C)N)cc2Cl)no1. The van der Waals surface area contributed by atoms with Gasteiger partial charge in [0.2, 0.25) is 11.7 Å². The molecule has 0 aliphatic heterocycles. The van der Waals surface area contributed by atoms with E-state index in [1.165, 1.54) is 0 Å². The Morgan fingerprint density at radius 2 is 2.10 bits per heavy atom. The van der Waals surface area contributed by atoms with Crippen molar-refractivity contribution in [2.45, 2.75) is 39.3 Å². The van der Waals surface area contributed by atoms with Gasteiger partial charge in [-0.15, -0.1) is 0 Å². The lowest BCUT2D eigenvalue weighted by Crippen LogP contribution is -2.05. The van der Waals surface area contributed by atoms with Gasteiger partial charge in [-0.1, -0.05) is 36.7 Å². The van der Waals surface area contributed by atoms with Crippen LogP contribution in [0.3, 0.4) is 0 Å². The summed E-state index contributed by atoms with van der Waals surface area (Å²) in [5.74, 6) is 1.88. The highest BCUT2D eigenvalue weighted by molar-refractivity contribution is 6.32. The summed E-state index contributed by atoms with van der Waals surface area (Å²) in [5, 5.41) is 4.37. The van der Waals surface area contributed by atoms with Crippen molar-refractivity contribution in [3.63, 3.8) is 0 Å². The summed E-state index contributed by atoms with van der Waals surface area (Å²) in [5.41, 5.74) is 6.76. The van der Waals surface area contributed by atoms with Crippen LogP contribution in [-0.4, -0.2) is 10.1 Å². The topological polar surface area (TPSA) is 74.2 Å². The van der Waals surface area contributed by atoms with Gasteiger partial charge in [0.1, 0.15) is 5.75 Å². The average Bonchev–Trinajstić information content (AvgIpc) is 2.86. The molecule has 0 saturated carbocycles. The van der Waals surface area contributed by atoms with Gasteiger partial charge >= 0.3 is 0 Å². The average molecular weight is 296 g/mol. The van der Waals surface area contributed by atoms with Crippen LogP contribution in [0, 0.1) is 0 Å². The second-order valence-electron chi connectivity index (χ2n) is 4.97. The first-order chi connectivity index (χ1) is 9.47. The number of rotatable bonds is 5. The third kappa shape index (κ3) is 3.49. The monoisotopic (exact) mass is 295 g/mol. The van der Waals surface area contributed by atoms with E-state index in [2.05, 4.69) is 10.1 Å². The van der Waals surface area contributed by atoms with Crippen LogP contribution < -0.4 is 10.5 Å². The number of ether oxygens (including phenoxy) is 1.